The molecule has 42 heavy (non-hydrogen) atoms. The van der Waals surface area contributed by atoms with Gasteiger partial charge in [-0.05, 0) is 84.3 Å². The van der Waals surface area contributed by atoms with Crippen LogP contribution in [0.3, 0.4) is 0 Å². The van der Waals surface area contributed by atoms with Crippen LogP contribution in [-0.4, -0.2) is 41.7 Å². The van der Waals surface area contributed by atoms with Gasteiger partial charge in [-0.3, -0.25) is 4.79 Å². The van der Waals surface area contributed by atoms with Gasteiger partial charge in [0.05, 0.1) is 24.4 Å². The Labute approximate surface area is 249 Å². The fourth-order valence-electron chi connectivity index (χ4n) is 4.56. The van der Waals surface area contributed by atoms with Crippen molar-refractivity contribution in [1.29, 1.82) is 0 Å². The number of hydrazone groups is 1. The molecule has 1 amide bonds. The van der Waals surface area contributed by atoms with E-state index in [1.807, 2.05) is 60.7 Å². The lowest BCUT2D eigenvalue weighted by molar-refractivity contribution is 0.0526. The number of halogens is 1. The van der Waals surface area contributed by atoms with E-state index in [1.54, 1.807) is 54.4 Å². The maximum Gasteiger partial charge on any atom is 0.338 e. The molecule has 1 aliphatic rings. The van der Waals surface area contributed by atoms with E-state index >= 15 is 0 Å². The van der Waals surface area contributed by atoms with Gasteiger partial charge in [-0.15, -0.1) is 0 Å². The molecular weight excluding hydrogens is 552 g/mol. The standard InChI is InChI=1S/C33H29ClN4O4/c1-2-41-32(40)26-10-6-7-22(19-26)21-42-28-17-13-24(14-18-28)30-29(23-8-4-3-5-9-23)20-38(37-30)33(35)36-31(39)25-11-15-27(34)16-12-25/h3-19,29H,2,20-21H2,1H3,(H2,35,36,39). The maximum absolute atomic E-state index is 12.7. The van der Waals surface area contributed by atoms with Crippen molar-refractivity contribution in [2.75, 3.05) is 13.2 Å². The smallest absolute Gasteiger partial charge is 0.338 e. The zero-order valence-electron chi connectivity index (χ0n) is 22.9. The second-order valence-corrected chi connectivity index (χ2v) is 9.98. The Kier molecular flexibility index (Phi) is 8.94. The van der Waals surface area contributed by atoms with E-state index < -0.39 is 5.91 Å². The molecule has 4 aromatic rings. The first-order valence-corrected chi connectivity index (χ1v) is 13.8. The molecule has 2 N–H and O–H groups in total. The molecule has 0 radical (unpaired) electrons. The summed E-state index contributed by atoms with van der Waals surface area (Å²) in [5, 5.41) is 6.87. The monoisotopic (exact) mass is 580 g/mol. The molecule has 0 bridgehead atoms. The van der Waals surface area contributed by atoms with E-state index in [0.717, 1.165) is 22.4 Å². The van der Waals surface area contributed by atoms with Gasteiger partial charge < -0.3 is 15.2 Å². The van der Waals surface area contributed by atoms with Gasteiger partial charge in [0, 0.05) is 16.5 Å². The maximum atomic E-state index is 12.7. The molecule has 0 aromatic heterocycles. The number of amides is 1. The van der Waals surface area contributed by atoms with Gasteiger partial charge in [0.1, 0.15) is 12.4 Å². The zero-order valence-corrected chi connectivity index (χ0v) is 23.7. The first kappa shape index (κ1) is 28.6. The van der Waals surface area contributed by atoms with Gasteiger partial charge in [0.15, 0.2) is 0 Å². The second-order valence-electron chi connectivity index (χ2n) is 9.55. The first-order chi connectivity index (χ1) is 20.4. The van der Waals surface area contributed by atoms with Crippen molar-refractivity contribution in [3.8, 4) is 5.75 Å². The molecule has 0 saturated heterocycles. The quantitative estimate of drug-likeness (QED) is 0.154. The third-order valence-electron chi connectivity index (χ3n) is 6.68. The van der Waals surface area contributed by atoms with Gasteiger partial charge in [-0.1, -0.05) is 54.1 Å². The number of nitrogens with two attached hydrogens (primary N) is 1. The third-order valence-corrected chi connectivity index (χ3v) is 6.93. The number of benzene rings is 4. The Morgan fingerprint density at radius 1 is 0.952 bits per heavy atom. The van der Waals surface area contributed by atoms with Crippen molar-refractivity contribution >= 4 is 35.1 Å². The summed E-state index contributed by atoms with van der Waals surface area (Å²) in [5.41, 5.74) is 10.7. The van der Waals surface area contributed by atoms with Crippen molar-refractivity contribution in [1.82, 2.24) is 5.01 Å². The van der Waals surface area contributed by atoms with Gasteiger partial charge in [0.25, 0.3) is 5.91 Å². The normalized spacial score (nSPS) is 14.8. The van der Waals surface area contributed by atoms with Crippen molar-refractivity contribution < 1.29 is 19.1 Å². The summed E-state index contributed by atoms with van der Waals surface area (Å²) in [6.07, 6.45) is 0. The summed E-state index contributed by atoms with van der Waals surface area (Å²) < 4.78 is 11.1. The summed E-state index contributed by atoms with van der Waals surface area (Å²) in [6, 6.07) is 31.3. The van der Waals surface area contributed by atoms with E-state index in [1.165, 1.54) is 0 Å². The van der Waals surface area contributed by atoms with E-state index in [9.17, 15) is 9.59 Å². The van der Waals surface area contributed by atoms with Gasteiger partial charge in [-0.2, -0.15) is 10.1 Å². The zero-order chi connectivity index (χ0) is 29.5. The summed E-state index contributed by atoms with van der Waals surface area (Å²) in [7, 11) is 0. The van der Waals surface area contributed by atoms with Crippen molar-refractivity contribution in [3.63, 3.8) is 0 Å². The van der Waals surface area contributed by atoms with Crippen LogP contribution in [0.25, 0.3) is 0 Å². The molecule has 1 heterocycles. The number of ether oxygens (including phenoxy) is 2. The van der Waals surface area contributed by atoms with Crippen LogP contribution in [-0.2, 0) is 11.3 Å². The van der Waals surface area contributed by atoms with Crippen molar-refractivity contribution in [2.24, 2.45) is 15.8 Å². The van der Waals surface area contributed by atoms with E-state index in [0.29, 0.717) is 41.7 Å². The largest absolute Gasteiger partial charge is 0.489 e. The average molecular weight is 581 g/mol. The lowest BCUT2D eigenvalue weighted by Gasteiger charge is -2.15. The molecule has 1 unspecified atom stereocenters. The molecule has 0 fully saturated rings. The highest BCUT2D eigenvalue weighted by Crippen LogP contribution is 2.29. The minimum absolute atomic E-state index is 0.0101. The number of carbonyl (C=O) groups excluding carboxylic acids is 2. The highest BCUT2D eigenvalue weighted by molar-refractivity contribution is 6.30. The summed E-state index contributed by atoms with van der Waals surface area (Å²) in [6.45, 7) is 2.82. The second kappa shape index (κ2) is 13.1. The minimum Gasteiger partial charge on any atom is -0.489 e. The first-order valence-electron chi connectivity index (χ1n) is 13.5. The average Bonchev–Trinajstić information content (AvgIpc) is 3.47. The number of guanidine groups is 1. The number of nitrogens with zero attached hydrogens (tertiary/aromatic N) is 3. The highest BCUT2D eigenvalue weighted by Gasteiger charge is 2.31. The lowest BCUT2D eigenvalue weighted by Crippen LogP contribution is -2.33. The summed E-state index contributed by atoms with van der Waals surface area (Å²) >= 11 is 5.93. The topological polar surface area (TPSA) is 107 Å². The molecule has 9 heteroatoms. The predicted octanol–water partition coefficient (Wildman–Crippen LogP) is 6.05. The van der Waals surface area contributed by atoms with E-state index in [2.05, 4.69) is 4.99 Å². The van der Waals surface area contributed by atoms with Crippen LogP contribution in [0.1, 0.15) is 50.2 Å². The number of esters is 1. The number of carbonyl (C=O) groups is 2. The van der Waals surface area contributed by atoms with Crippen LogP contribution in [0.15, 0.2) is 113 Å². The Hall–Kier alpha value is -4.95. The molecule has 0 spiro atoms. The number of aliphatic imine (C=N–C) groups is 1. The number of hydrogen-bond acceptors (Lipinski definition) is 5. The van der Waals surface area contributed by atoms with Crippen LogP contribution in [0.2, 0.25) is 5.02 Å². The van der Waals surface area contributed by atoms with Crippen LogP contribution in [0.5, 0.6) is 5.75 Å². The SMILES string of the molecule is CCOC(=O)c1cccc(COc2ccc(C3=NN(C(N)=NC(=O)c4ccc(Cl)cc4)CC3c3ccccc3)cc2)c1. The summed E-state index contributed by atoms with van der Waals surface area (Å²) in [5.74, 6) is -0.248. The minimum atomic E-state index is -0.474. The van der Waals surface area contributed by atoms with Crippen LogP contribution >= 0.6 is 11.6 Å². The Balaban J connectivity index is 1.33. The van der Waals surface area contributed by atoms with E-state index in [4.69, 9.17) is 31.9 Å². The fraction of sp³-hybridized carbons (Fsp3) is 0.152. The molecule has 212 valence electrons. The van der Waals surface area contributed by atoms with E-state index in [-0.39, 0.29) is 17.8 Å². The molecule has 0 saturated carbocycles. The molecule has 1 aliphatic heterocycles. The Morgan fingerprint density at radius 3 is 2.40 bits per heavy atom. The number of hydrogen-bond donors (Lipinski definition) is 1. The number of rotatable bonds is 8. The Bertz CT molecular complexity index is 1620. The molecular formula is C33H29ClN4O4. The molecule has 4 aromatic carbocycles. The fourth-order valence-corrected chi connectivity index (χ4v) is 4.69. The molecule has 8 nitrogen and oxygen atoms in total. The van der Waals surface area contributed by atoms with Crippen LogP contribution in [0.4, 0.5) is 0 Å². The molecule has 5 rings (SSSR count). The van der Waals surface area contributed by atoms with Gasteiger partial charge in [-0.25, -0.2) is 9.80 Å². The molecule has 1 atom stereocenters. The predicted molar refractivity (Wildman–Crippen MR) is 163 cm³/mol. The van der Waals surface area contributed by atoms with Crippen molar-refractivity contribution in [3.05, 3.63) is 136 Å². The molecule has 0 aliphatic carbocycles. The summed E-state index contributed by atoms with van der Waals surface area (Å²) in [4.78, 5) is 28.8. The Morgan fingerprint density at radius 2 is 1.69 bits per heavy atom. The van der Waals surface area contributed by atoms with Crippen LogP contribution in [0, 0.1) is 0 Å². The van der Waals surface area contributed by atoms with Gasteiger partial charge >= 0.3 is 5.97 Å². The lowest BCUT2D eigenvalue weighted by atomic mass is 9.90. The van der Waals surface area contributed by atoms with Crippen LogP contribution < -0.4 is 10.5 Å². The van der Waals surface area contributed by atoms with Crippen molar-refractivity contribution in [2.45, 2.75) is 19.4 Å². The third kappa shape index (κ3) is 6.85. The highest BCUT2D eigenvalue weighted by atomic mass is 35.5. The van der Waals surface area contributed by atoms with Gasteiger partial charge in [0.2, 0.25) is 5.96 Å².